The second-order valence-electron chi connectivity index (χ2n) is 3.64. The van der Waals surface area contributed by atoms with Crippen molar-refractivity contribution in [3.63, 3.8) is 0 Å². The van der Waals surface area contributed by atoms with Crippen molar-refractivity contribution in [1.82, 2.24) is 0 Å². The Morgan fingerprint density at radius 1 is 1.83 bits per heavy atom. The Morgan fingerprint density at radius 2 is 2.50 bits per heavy atom. The van der Waals surface area contributed by atoms with Crippen molar-refractivity contribution in [2.75, 3.05) is 6.54 Å². The summed E-state index contributed by atoms with van der Waals surface area (Å²) < 4.78 is 0. The smallest absolute Gasteiger partial charge is 0.309 e. The van der Waals surface area contributed by atoms with Crippen LogP contribution in [0.1, 0.15) is 26.2 Å². The molecule has 3 N–H and O–H groups in total. The SMILES string of the molecule is CC1(C(=O)O)CC=C(CN)CC1. The van der Waals surface area contributed by atoms with Crippen LogP contribution in [-0.2, 0) is 4.79 Å². The zero-order valence-corrected chi connectivity index (χ0v) is 7.34. The third-order valence-electron chi connectivity index (χ3n) is 2.62. The highest BCUT2D eigenvalue weighted by Crippen LogP contribution is 2.34. The molecule has 0 aromatic rings. The van der Waals surface area contributed by atoms with E-state index in [0.717, 1.165) is 6.42 Å². The van der Waals surface area contributed by atoms with E-state index < -0.39 is 11.4 Å². The van der Waals surface area contributed by atoms with Crippen LogP contribution in [0.2, 0.25) is 0 Å². The Kier molecular flexibility index (Phi) is 2.52. The molecule has 1 atom stereocenters. The number of carboxylic acids is 1. The lowest BCUT2D eigenvalue weighted by atomic mass is 9.77. The van der Waals surface area contributed by atoms with E-state index in [1.165, 1.54) is 5.57 Å². The third-order valence-corrected chi connectivity index (χ3v) is 2.62. The number of rotatable bonds is 2. The predicted octanol–water partition coefficient (Wildman–Crippen LogP) is 1.15. The highest BCUT2D eigenvalue weighted by molar-refractivity contribution is 5.74. The van der Waals surface area contributed by atoms with Gasteiger partial charge in [-0.05, 0) is 26.2 Å². The van der Waals surface area contributed by atoms with Gasteiger partial charge in [0.2, 0.25) is 0 Å². The fourth-order valence-corrected chi connectivity index (χ4v) is 1.39. The first-order valence-corrected chi connectivity index (χ1v) is 4.20. The van der Waals surface area contributed by atoms with Crippen molar-refractivity contribution in [2.45, 2.75) is 26.2 Å². The Balaban J connectivity index is 2.67. The van der Waals surface area contributed by atoms with Gasteiger partial charge in [-0.25, -0.2) is 0 Å². The monoisotopic (exact) mass is 169 g/mol. The van der Waals surface area contributed by atoms with E-state index in [2.05, 4.69) is 0 Å². The molecule has 1 unspecified atom stereocenters. The molecule has 68 valence electrons. The molecule has 3 heteroatoms. The average Bonchev–Trinajstić information content (AvgIpc) is 2.06. The first-order chi connectivity index (χ1) is 5.58. The van der Waals surface area contributed by atoms with Crippen molar-refractivity contribution in [2.24, 2.45) is 11.1 Å². The molecule has 0 amide bonds. The van der Waals surface area contributed by atoms with E-state index in [0.29, 0.717) is 19.4 Å². The molecule has 3 nitrogen and oxygen atoms in total. The number of nitrogens with two attached hydrogens (primary N) is 1. The Morgan fingerprint density at radius 3 is 2.83 bits per heavy atom. The van der Waals surface area contributed by atoms with Gasteiger partial charge >= 0.3 is 5.97 Å². The van der Waals surface area contributed by atoms with Crippen LogP contribution in [0.25, 0.3) is 0 Å². The molecule has 0 fully saturated rings. The maximum absolute atomic E-state index is 10.8. The number of allylic oxidation sites excluding steroid dienone is 1. The van der Waals surface area contributed by atoms with E-state index in [1.54, 1.807) is 6.92 Å². The highest BCUT2D eigenvalue weighted by atomic mass is 16.4. The standard InChI is InChI=1S/C9H15NO2/c1-9(8(11)12)4-2-7(6-10)3-5-9/h2H,3-6,10H2,1H3,(H,11,12). The molecular formula is C9H15NO2. The molecule has 0 spiro atoms. The molecule has 12 heavy (non-hydrogen) atoms. The third kappa shape index (κ3) is 1.67. The van der Waals surface area contributed by atoms with Gasteiger partial charge in [-0.1, -0.05) is 11.6 Å². The summed E-state index contributed by atoms with van der Waals surface area (Å²) in [5.41, 5.74) is 6.08. The fourth-order valence-electron chi connectivity index (χ4n) is 1.39. The first-order valence-electron chi connectivity index (χ1n) is 4.20. The Labute approximate surface area is 72.3 Å². The quantitative estimate of drug-likeness (QED) is 0.609. The normalized spacial score (nSPS) is 29.7. The Bertz CT molecular complexity index is 223. The summed E-state index contributed by atoms with van der Waals surface area (Å²) in [6.45, 7) is 2.36. The van der Waals surface area contributed by atoms with E-state index in [4.69, 9.17) is 10.8 Å². The molecule has 1 aliphatic rings. The predicted molar refractivity (Wildman–Crippen MR) is 46.7 cm³/mol. The van der Waals surface area contributed by atoms with E-state index in [9.17, 15) is 4.79 Å². The van der Waals surface area contributed by atoms with Gasteiger partial charge < -0.3 is 10.8 Å². The maximum Gasteiger partial charge on any atom is 0.309 e. The molecule has 0 radical (unpaired) electrons. The summed E-state index contributed by atoms with van der Waals surface area (Å²) in [5.74, 6) is -0.699. The van der Waals surface area contributed by atoms with Crippen molar-refractivity contribution < 1.29 is 9.90 Å². The number of carboxylic acid groups (broad SMARTS) is 1. The minimum atomic E-state index is -0.699. The summed E-state index contributed by atoms with van der Waals surface area (Å²) in [4.78, 5) is 10.8. The zero-order valence-electron chi connectivity index (χ0n) is 7.34. The first kappa shape index (κ1) is 9.26. The van der Waals surface area contributed by atoms with Crippen LogP contribution in [0.15, 0.2) is 11.6 Å². The fraction of sp³-hybridized carbons (Fsp3) is 0.667. The summed E-state index contributed by atoms with van der Waals surface area (Å²) in [7, 11) is 0. The molecule has 1 rings (SSSR count). The number of carbonyl (C=O) groups is 1. The van der Waals surface area contributed by atoms with Crippen molar-refractivity contribution in [3.05, 3.63) is 11.6 Å². The molecule has 0 aromatic heterocycles. The van der Waals surface area contributed by atoms with Crippen molar-refractivity contribution in [3.8, 4) is 0 Å². The molecule has 0 saturated carbocycles. The lowest BCUT2D eigenvalue weighted by Gasteiger charge is -2.28. The molecule has 0 heterocycles. The van der Waals surface area contributed by atoms with Crippen LogP contribution in [-0.4, -0.2) is 17.6 Å². The van der Waals surface area contributed by atoms with Gasteiger partial charge in [-0.3, -0.25) is 4.79 Å². The summed E-state index contributed by atoms with van der Waals surface area (Å²) in [6.07, 6.45) is 4.14. The number of aliphatic carboxylic acids is 1. The van der Waals surface area contributed by atoms with Gasteiger partial charge in [0.1, 0.15) is 0 Å². The van der Waals surface area contributed by atoms with Gasteiger partial charge in [0.15, 0.2) is 0 Å². The molecule has 1 aliphatic carbocycles. The number of hydrogen-bond donors (Lipinski definition) is 2. The second kappa shape index (κ2) is 3.27. The van der Waals surface area contributed by atoms with Gasteiger partial charge in [0, 0.05) is 6.54 Å². The van der Waals surface area contributed by atoms with E-state index in [-0.39, 0.29) is 0 Å². The topological polar surface area (TPSA) is 63.3 Å². The second-order valence-corrected chi connectivity index (χ2v) is 3.64. The van der Waals surface area contributed by atoms with Gasteiger partial charge in [0.05, 0.1) is 5.41 Å². The Hall–Kier alpha value is -0.830. The van der Waals surface area contributed by atoms with Crippen LogP contribution < -0.4 is 5.73 Å². The van der Waals surface area contributed by atoms with Crippen LogP contribution in [0.3, 0.4) is 0 Å². The van der Waals surface area contributed by atoms with E-state index in [1.807, 2.05) is 6.08 Å². The summed E-state index contributed by atoms with van der Waals surface area (Å²) in [5, 5.41) is 8.90. The molecule has 0 bridgehead atoms. The maximum atomic E-state index is 10.8. The molecular weight excluding hydrogens is 154 g/mol. The molecule has 0 aliphatic heterocycles. The van der Waals surface area contributed by atoms with Crippen molar-refractivity contribution >= 4 is 5.97 Å². The largest absolute Gasteiger partial charge is 0.481 e. The number of hydrogen-bond acceptors (Lipinski definition) is 2. The van der Waals surface area contributed by atoms with Gasteiger partial charge in [-0.2, -0.15) is 0 Å². The summed E-state index contributed by atoms with van der Waals surface area (Å²) in [6, 6.07) is 0. The highest BCUT2D eigenvalue weighted by Gasteiger charge is 2.33. The van der Waals surface area contributed by atoms with Crippen LogP contribution in [0, 0.1) is 5.41 Å². The van der Waals surface area contributed by atoms with Crippen LogP contribution in [0.5, 0.6) is 0 Å². The van der Waals surface area contributed by atoms with Gasteiger partial charge in [-0.15, -0.1) is 0 Å². The lowest BCUT2D eigenvalue weighted by Crippen LogP contribution is -2.29. The zero-order chi connectivity index (χ0) is 9.19. The minimum absolute atomic E-state index is 0.557. The summed E-state index contributed by atoms with van der Waals surface area (Å²) >= 11 is 0. The molecule has 0 saturated heterocycles. The van der Waals surface area contributed by atoms with Crippen molar-refractivity contribution in [1.29, 1.82) is 0 Å². The average molecular weight is 169 g/mol. The van der Waals surface area contributed by atoms with E-state index >= 15 is 0 Å². The van der Waals surface area contributed by atoms with Gasteiger partial charge in [0.25, 0.3) is 0 Å². The van der Waals surface area contributed by atoms with Crippen LogP contribution >= 0.6 is 0 Å². The molecule has 0 aromatic carbocycles. The minimum Gasteiger partial charge on any atom is -0.481 e. The lowest BCUT2D eigenvalue weighted by molar-refractivity contribution is -0.148. The van der Waals surface area contributed by atoms with Crippen LogP contribution in [0.4, 0.5) is 0 Å².